The van der Waals surface area contributed by atoms with E-state index in [-0.39, 0.29) is 23.4 Å². The third-order valence-electron chi connectivity index (χ3n) is 6.94. The molecule has 1 rings (SSSR count). The highest BCUT2D eigenvalue weighted by Gasteiger charge is 2.52. The number of hydrogen-bond donors (Lipinski definition) is 3. The smallest absolute Gasteiger partial charge is 0.392 e. The van der Waals surface area contributed by atoms with E-state index in [1.54, 1.807) is 0 Å². The Morgan fingerprint density at radius 3 is 1.58 bits per heavy atom. The lowest BCUT2D eigenvalue weighted by atomic mass is 9.82. The minimum atomic E-state index is -2.91. The van der Waals surface area contributed by atoms with Crippen LogP contribution in [0.3, 0.4) is 0 Å². The Hall–Kier alpha value is 0.0738. The maximum atomic E-state index is 10.9. The van der Waals surface area contributed by atoms with Gasteiger partial charge in [0.15, 0.2) is 0 Å². The van der Waals surface area contributed by atoms with Crippen LogP contribution in [0, 0.1) is 5.92 Å². The SMILES string of the molecule is CCO[Si](OCC)(OCC)C(CC)NC(C)NC1CC(C(C)[Si](OCC)(OCC)OCC)CCC1O. The van der Waals surface area contributed by atoms with Gasteiger partial charge in [-0.2, -0.15) is 0 Å². The topological polar surface area (TPSA) is 99.7 Å². The molecule has 0 bridgehead atoms. The van der Waals surface area contributed by atoms with Crippen molar-refractivity contribution in [3.05, 3.63) is 0 Å². The van der Waals surface area contributed by atoms with Gasteiger partial charge in [-0.05, 0) is 80.1 Å². The summed E-state index contributed by atoms with van der Waals surface area (Å²) in [6, 6.07) is -0.0508. The molecular weight excluding hydrogens is 496 g/mol. The summed E-state index contributed by atoms with van der Waals surface area (Å²) in [6.45, 7) is 21.6. The second-order valence-corrected chi connectivity index (χ2v) is 15.1. The van der Waals surface area contributed by atoms with Crippen molar-refractivity contribution in [3.8, 4) is 0 Å². The van der Waals surface area contributed by atoms with Crippen LogP contribution in [-0.2, 0) is 26.6 Å². The van der Waals surface area contributed by atoms with Gasteiger partial charge in [0.25, 0.3) is 0 Å². The third kappa shape index (κ3) is 9.37. The van der Waals surface area contributed by atoms with Crippen LogP contribution in [0.5, 0.6) is 0 Å². The van der Waals surface area contributed by atoms with Crippen LogP contribution in [0.25, 0.3) is 0 Å². The average Bonchev–Trinajstić information content (AvgIpc) is 2.84. The van der Waals surface area contributed by atoms with Gasteiger partial charge in [0.1, 0.15) is 0 Å². The van der Waals surface area contributed by atoms with Crippen molar-refractivity contribution >= 4 is 17.6 Å². The van der Waals surface area contributed by atoms with Crippen molar-refractivity contribution in [2.24, 2.45) is 5.92 Å². The predicted octanol–water partition coefficient (Wildman–Crippen LogP) is 3.85. The van der Waals surface area contributed by atoms with Crippen LogP contribution in [0.4, 0.5) is 0 Å². The molecule has 9 nitrogen and oxygen atoms in total. The maximum absolute atomic E-state index is 10.9. The van der Waals surface area contributed by atoms with Gasteiger partial charge in [-0.3, -0.25) is 10.6 Å². The Kier molecular flexibility index (Phi) is 16.7. The lowest BCUT2D eigenvalue weighted by molar-refractivity contribution is 0.0296. The molecule has 1 saturated carbocycles. The zero-order valence-electron chi connectivity index (χ0n) is 24.4. The van der Waals surface area contributed by atoms with E-state index in [0.717, 1.165) is 25.7 Å². The molecule has 0 aromatic carbocycles. The molecule has 0 aromatic heterocycles. The van der Waals surface area contributed by atoms with Crippen molar-refractivity contribution in [1.82, 2.24) is 10.6 Å². The van der Waals surface area contributed by atoms with Gasteiger partial charge in [-0.1, -0.05) is 13.8 Å². The van der Waals surface area contributed by atoms with E-state index in [9.17, 15) is 5.11 Å². The van der Waals surface area contributed by atoms with Crippen LogP contribution >= 0.6 is 0 Å². The lowest BCUT2D eigenvalue weighted by Crippen LogP contribution is -2.66. The summed E-state index contributed by atoms with van der Waals surface area (Å²) < 4.78 is 37.1. The van der Waals surface area contributed by atoms with Crippen LogP contribution in [-0.4, -0.2) is 86.3 Å². The molecule has 36 heavy (non-hydrogen) atoms. The van der Waals surface area contributed by atoms with Crippen molar-refractivity contribution in [2.45, 2.75) is 118 Å². The fourth-order valence-electron chi connectivity index (χ4n) is 5.40. The summed E-state index contributed by atoms with van der Waals surface area (Å²) >= 11 is 0. The normalized spacial score (nSPS) is 24.0. The quantitative estimate of drug-likeness (QED) is 0.154. The second kappa shape index (κ2) is 17.6. The fourth-order valence-corrected chi connectivity index (χ4v) is 11.5. The van der Waals surface area contributed by atoms with Gasteiger partial charge in [-0.15, -0.1) is 0 Å². The molecule has 0 saturated heterocycles. The maximum Gasteiger partial charge on any atom is 0.518 e. The highest BCUT2D eigenvalue weighted by atomic mass is 28.4. The number of hydrogen-bond acceptors (Lipinski definition) is 9. The minimum Gasteiger partial charge on any atom is -0.392 e. The van der Waals surface area contributed by atoms with Gasteiger partial charge in [-0.25, -0.2) is 0 Å². The monoisotopic (exact) mass is 552 g/mol. The summed E-state index contributed by atoms with van der Waals surface area (Å²) in [6.07, 6.45) is 2.84. The Morgan fingerprint density at radius 2 is 1.17 bits per heavy atom. The summed E-state index contributed by atoms with van der Waals surface area (Å²) in [5, 5.41) is 18.2. The van der Waals surface area contributed by atoms with Gasteiger partial charge >= 0.3 is 17.6 Å². The van der Waals surface area contributed by atoms with E-state index < -0.39 is 23.7 Å². The second-order valence-electron chi connectivity index (χ2n) is 9.36. The molecule has 1 fully saturated rings. The Bertz CT molecular complexity index is 544. The Labute approximate surface area is 223 Å². The van der Waals surface area contributed by atoms with E-state index in [2.05, 4.69) is 31.4 Å². The van der Waals surface area contributed by atoms with Crippen LogP contribution in [0.1, 0.15) is 88.0 Å². The summed E-state index contributed by atoms with van der Waals surface area (Å²) in [4.78, 5) is 0. The predicted molar refractivity (Wildman–Crippen MR) is 148 cm³/mol. The number of aliphatic hydroxyl groups is 1. The fraction of sp³-hybridized carbons (Fsp3) is 1.00. The van der Waals surface area contributed by atoms with E-state index >= 15 is 0 Å². The molecule has 6 atom stereocenters. The standard InChI is InChI=1S/C25H56N2O7Si2/c1-10-25(36(32-14-5,33-15-6)34-16-7)27-21(9)26-23-19-22(17-18-24(23)28)20(8)35(29-11-2,30-12-3)31-13-4/h20-28H,10-19H2,1-9H3. The summed E-state index contributed by atoms with van der Waals surface area (Å²) in [7, 11) is -5.74. The van der Waals surface area contributed by atoms with Gasteiger partial charge in [0, 0.05) is 51.2 Å². The number of aliphatic hydroxyl groups excluding tert-OH is 1. The number of nitrogens with one attached hydrogen (secondary N) is 2. The molecular formula is C25H56N2O7Si2. The number of rotatable bonds is 20. The van der Waals surface area contributed by atoms with Crippen LogP contribution in [0.2, 0.25) is 5.54 Å². The van der Waals surface area contributed by atoms with Crippen LogP contribution < -0.4 is 10.6 Å². The van der Waals surface area contributed by atoms with Gasteiger partial charge in [0.2, 0.25) is 0 Å². The Morgan fingerprint density at radius 1 is 0.722 bits per heavy atom. The molecule has 0 radical (unpaired) electrons. The average molecular weight is 553 g/mol. The summed E-state index contributed by atoms with van der Waals surface area (Å²) in [5.41, 5.74) is 0.0962. The molecule has 0 amide bonds. The van der Waals surface area contributed by atoms with Crippen molar-refractivity contribution in [3.63, 3.8) is 0 Å². The van der Waals surface area contributed by atoms with Gasteiger partial charge in [0.05, 0.1) is 17.9 Å². The molecule has 0 heterocycles. The zero-order valence-corrected chi connectivity index (χ0v) is 26.4. The minimum absolute atomic E-state index is 0.0508. The highest BCUT2D eigenvalue weighted by Crippen LogP contribution is 2.41. The molecule has 0 aromatic rings. The molecule has 11 heteroatoms. The molecule has 1 aliphatic rings. The first kappa shape index (κ1) is 34.1. The zero-order chi connectivity index (χ0) is 27.2. The van der Waals surface area contributed by atoms with E-state index in [1.807, 2.05) is 41.5 Å². The first-order valence-electron chi connectivity index (χ1n) is 14.3. The van der Waals surface area contributed by atoms with Crippen molar-refractivity contribution in [2.75, 3.05) is 39.6 Å². The molecule has 216 valence electrons. The summed E-state index contributed by atoms with van der Waals surface area (Å²) in [5.74, 6) is 0.333. The van der Waals surface area contributed by atoms with Crippen molar-refractivity contribution < 1.29 is 31.7 Å². The highest BCUT2D eigenvalue weighted by molar-refractivity contribution is 6.62. The third-order valence-corrected chi connectivity index (χ3v) is 14.1. The van der Waals surface area contributed by atoms with E-state index in [4.69, 9.17) is 26.6 Å². The Balaban J connectivity index is 2.98. The first-order chi connectivity index (χ1) is 17.2. The van der Waals surface area contributed by atoms with Gasteiger partial charge < -0.3 is 31.7 Å². The largest absolute Gasteiger partial charge is 0.518 e. The molecule has 3 N–H and O–H groups in total. The molecule has 6 unspecified atom stereocenters. The molecule has 1 aliphatic carbocycles. The lowest BCUT2D eigenvalue weighted by Gasteiger charge is -2.43. The first-order valence-corrected chi connectivity index (χ1v) is 17.9. The van der Waals surface area contributed by atoms with Crippen molar-refractivity contribution in [1.29, 1.82) is 0 Å². The van der Waals surface area contributed by atoms with E-state index in [1.165, 1.54) is 0 Å². The molecule has 0 spiro atoms. The van der Waals surface area contributed by atoms with E-state index in [0.29, 0.717) is 45.6 Å². The van der Waals surface area contributed by atoms with Crippen LogP contribution in [0.15, 0.2) is 0 Å². The molecule has 0 aliphatic heterocycles.